The van der Waals surface area contributed by atoms with Crippen molar-refractivity contribution in [2.75, 3.05) is 0 Å². The zero-order valence-electron chi connectivity index (χ0n) is 16.8. The highest BCUT2D eigenvalue weighted by Gasteiger charge is 2.28. The lowest BCUT2D eigenvalue weighted by atomic mass is 10.1. The Morgan fingerprint density at radius 1 is 0.926 bits per heavy atom. The molecule has 0 saturated carbocycles. The number of aliphatic carboxylic acids is 1. The number of aryl methyl sites for hydroxylation is 2. The van der Waals surface area contributed by atoms with E-state index in [1.54, 1.807) is 0 Å². The van der Waals surface area contributed by atoms with Crippen LogP contribution in [0.3, 0.4) is 0 Å². The maximum Gasteiger partial charge on any atom is 0.430 e. The molecule has 0 unspecified atom stereocenters. The number of alkyl halides is 3. The Hall–Kier alpha value is -1.53. The second-order valence-corrected chi connectivity index (χ2v) is 6.86. The minimum absolute atomic E-state index is 1.14. The van der Waals surface area contributed by atoms with Gasteiger partial charge in [0.2, 0.25) is 6.33 Å². The van der Waals surface area contributed by atoms with Crippen molar-refractivity contribution < 1.29 is 27.6 Å². The highest BCUT2D eigenvalue weighted by Crippen LogP contribution is 2.12. The van der Waals surface area contributed by atoms with Crippen molar-refractivity contribution in [1.82, 2.24) is 4.57 Å². The minimum atomic E-state index is -5.19. The van der Waals surface area contributed by atoms with E-state index in [1.165, 1.54) is 77.2 Å². The second kappa shape index (κ2) is 15.5. The summed E-state index contributed by atoms with van der Waals surface area (Å²) >= 11 is 0. The van der Waals surface area contributed by atoms with Crippen molar-refractivity contribution in [3.8, 4) is 0 Å². The first-order valence-electron chi connectivity index (χ1n) is 10.1. The van der Waals surface area contributed by atoms with Crippen LogP contribution in [0.2, 0.25) is 0 Å². The van der Waals surface area contributed by atoms with Crippen LogP contribution in [-0.4, -0.2) is 16.7 Å². The van der Waals surface area contributed by atoms with Gasteiger partial charge in [-0.05, 0) is 19.3 Å². The average Bonchev–Trinajstić information content (AvgIpc) is 3.04. The van der Waals surface area contributed by atoms with Gasteiger partial charge in [0.25, 0.3) is 0 Å². The largest absolute Gasteiger partial charge is 0.542 e. The van der Waals surface area contributed by atoms with Gasteiger partial charge in [0.15, 0.2) is 0 Å². The van der Waals surface area contributed by atoms with Gasteiger partial charge in [0.1, 0.15) is 18.4 Å². The first-order chi connectivity index (χ1) is 12.8. The summed E-state index contributed by atoms with van der Waals surface area (Å²) < 4.78 is 36.2. The number of hydrogen-bond donors (Lipinski definition) is 0. The maximum absolute atomic E-state index is 10.5. The third-order valence-corrected chi connectivity index (χ3v) is 4.23. The number of carboxylic acids is 1. The number of hydrogen-bond acceptors (Lipinski definition) is 2. The predicted molar refractivity (Wildman–Crippen MR) is 97.8 cm³/mol. The zero-order valence-corrected chi connectivity index (χ0v) is 16.8. The fourth-order valence-electron chi connectivity index (χ4n) is 2.74. The van der Waals surface area contributed by atoms with E-state index >= 15 is 0 Å². The Morgan fingerprint density at radius 3 is 1.85 bits per heavy atom. The molecule has 0 fully saturated rings. The molecule has 0 aliphatic heterocycles. The number of rotatable bonds is 13. The SMILES string of the molecule is CCCCCCCCCCCCn1cc[n+](CCC)c1.O=C([O-])C(F)(F)F. The van der Waals surface area contributed by atoms with Gasteiger partial charge in [0.05, 0.1) is 13.1 Å². The van der Waals surface area contributed by atoms with Gasteiger partial charge in [-0.25, -0.2) is 9.13 Å². The lowest BCUT2D eigenvalue weighted by Gasteiger charge is -2.03. The lowest BCUT2D eigenvalue weighted by molar-refractivity contribution is -0.696. The first kappa shape index (κ1) is 25.5. The molecule has 0 aliphatic rings. The third-order valence-electron chi connectivity index (χ3n) is 4.23. The molecule has 0 bridgehead atoms. The van der Waals surface area contributed by atoms with Crippen LogP contribution in [0.5, 0.6) is 0 Å². The summed E-state index contributed by atoms with van der Waals surface area (Å²) in [6, 6.07) is 0. The van der Waals surface area contributed by atoms with Gasteiger partial charge < -0.3 is 9.90 Å². The molecular formula is C20H35F3N2O2. The normalized spacial score (nSPS) is 11.1. The van der Waals surface area contributed by atoms with Crippen LogP contribution in [-0.2, 0) is 17.9 Å². The van der Waals surface area contributed by atoms with E-state index in [-0.39, 0.29) is 0 Å². The monoisotopic (exact) mass is 392 g/mol. The molecule has 0 amide bonds. The minimum Gasteiger partial charge on any atom is -0.542 e. The van der Waals surface area contributed by atoms with Crippen LogP contribution in [0.1, 0.15) is 84.5 Å². The number of imidazole rings is 1. The van der Waals surface area contributed by atoms with E-state index in [2.05, 4.69) is 41.7 Å². The van der Waals surface area contributed by atoms with Crippen LogP contribution in [0.15, 0.2) is 18.7 Å². The number of aromatic nitrogens is 2. The second-order valence-electron chi connectivity index (χ2n) is 6.86. The molecule has 0 saturated heterocycles. The fourth-order valence-corrected chi connectivity index (χ4v) is 2.74. The molecule has 1 aromatic rings. The highest BCUT2D eigenvalue weighted by molar-refractivity contribution is 5.70. The molecule has 27 heavy (non-hydrogen) atoms. The van der Waals surface area contributed by atoms with E-state index in [4.69, 9.17) is 9.90 Å². The third kappa shape index (κ3) is 15.2. The summed E-state index contributed by atoms with van der Waals surface area (Å²) in [7, 11) is 0. The van der Waals surface area contributed by atoms with Crippen molar-refractivity contribution >= 4 is 5.97 Å². The van der Waals surface area contributed by atoms with E-state index in [9.17, 15) is 13.2 Å². The lowest BCUT2D eigenvalue weighted by Crippen LogP contribution is -2.37. The Kier molecular flexibility index (Phi) is 14.6. The number of halogens is 3. The van der Waals surface area contributed by atoms with Gasteiger partial charge in [-0.2, -0.15) is 13.2 Å². The van der Waals surface area contributed by atoms with Crippen LogP contribution in [0, 0.1) is 0 Å². The van der Waals surface area contributed by atoms with Crippen LogP contribution in [0.25, 0.3) is 0 Å². The molecule has 0 atom stereocenters. The molecule has 0 N–H and O–H groups in total. The summed E-state index contributed by atoms with van der Waals surface area (Å²) in [5.41, 5.74) is 0. The molecule has 0 aromatic carbocycles. The fraction of sp³-hybridized carbons (Fsp3) is 0.800. The number of unbranched alkanes of at least 4 members (excludes halogenated alkanes) is 9. The Balaban J connectivity index is 0.000000821. The number of carbonyl (C=O) groups excluding carboxylic acids is 1. The van der Waals surface area contributed by atoms with Gasteiger partial charge in [-0.3, -0.25) is 0 Å². The highest BCUT2D eigenvalue weighted by atomic mass is 19.4. The summed E-state index contributed by atoms with van der Waals surface area (Å²) in [6.45, 7) is 6.85. The Labute approximate surface area is 161 Å². The molecule has 0 aliphatic carbocycles. The molecule has 1 rings (SSSR count). The van der Waals surface area contributed by atoms with Crippen molar-refractivity contribution in [3.63, 3.8) is 0 Å². The zero-order chi connectivity index (χ0) is 20.5. The van der Waals surface area contributed by atoms with Gasteiger partial charge in [0, 0.05) is 0 Å². The van der Waals surface area contributed by atoms with Crippen molar-refractivity contribution in [3.05, 3.63) is 18.7 Å². The summed E-state index contributed by atoms with van der Waals surface area (Å²) in [5.74, 6) is -3.01. The number of nitrogens with zero attached hydrogens (tertiary/aromatic N) is 2. The number of carbonyl (C=O) groups is 1. The molecule has 0 radical (unpaired) electrons. The predicted octanol–water partition coefficient (Wildman–Crippen LogP) is 4.41. The average molecular weight is 393 g/mol. The summed E-state index contributed by atoms with van der Waals surface area (Å²) in [5, 5.41) is 8.78. The topological polar surface area (TPSA) is 48.9 Å². The standard InChI is InChI=1S/C18H35N2.C2HF3O2/c1-3-5-6-7-8-9-10-11-12-13-15-20-17-16-19(18-20)14-4-2;3-2(4,5)1(6)7/h16-18H,3-15H2,1-2H3;(H,6,7)/q+1;/p-1. The Morgan fingerprint density at radius 2 is 1.41 bits per heavy atom. The van der Waals surface area contributed by atoms with E-state index in [1.807, 2.05) is 0 Å². The van der Waals surface area contributed by atoms with Crippen molar-refractivity contribution in [2.45, 2.75) is 104 Å². The smallest absolute Gasteiger partial charge is 0.430 e. The van der Waals surface area contributed by atoms with Crippen molar-refractivity contribution in [1.29, 1.82) is 0 Å². The Bertz CT molecular complexity index is 488. The molecular weight excluding hydrogens is 357 g/mol. The molecule has 1 aromatic heterocycles. The van der Waals surface area contributed by atoms with Crippen LogP contribution >= 0.6 is 0 Å². The molecule has 0 spiro atoms. The quantitative estimate of drug-likeness (QED) is 0.369. The molecule has 7 heteroatoms. The van der Waals surface area contributed by atoms with E-state index < -0.39 is 12.1 Å². The van der Waals surface area contributed by atoms with Crippen LogP contribution < -0.4 is 9.67 Å². The molecule has 4 nitrogen and oxygen atoms in total. The van der Waals surface area contributed by atoms with Gasteiger partial charge in [-0.15, -0.1) is 0 Å². The number of carboxylic acid groups (broad SMARTS) is 1. The van der Waals surface area contributed by atoms with E-state index in [0.717, 1.165) is 6.54 Å². The summed E-state index contributed by atoms with van der Waals surface area (Å²) in [6.07, 6.45) is 16.8. The molecule has 158 valence electrons. The summed E-state index contributed by atoms with van der Waals surface area (Å²) in [4.78, 5) is 8.78. The van der Waals surface area contributed by atoms with Crippen LogP contribution in [0.4, 0.5) is 13.2 Å². The van der Waals surface area contributed by atoms with Crippen molar-refractivity contribution in [2.24, 2.45) is 0 Å². The first-order valence-corrected chi connectivity index (χ1v) is 10.1. The van der Waals surface area contributed by atoms with Gasteiger partial charge >= 0.3 is 6.18 Å². The van der Waals surface area contributed by atoms with Gasteiger partial charge in [-0.1, -0.05) is 65.2 Å². The molecule has 1 heterocycles. The van der Waals surface area contributed by atoms with E-state index in [0.29, 0.717) is 0 Å². The maximum atomic E-state index is 10.5.